The van der Waals surface area contributed by atoms with Crippen molar-refractivity contribution in [2.24, 2.45) is 0 Å². The van der Waals surface area contributed by atoms with E-state index in [1.54, 1.807) is 6.92 Å². The molecule has 2 aromatic carbocycles. The van der Waals surface area contributed by atoms with Gasteiger partial charge in [0.15, 0.2) is 17.6 Å². The molecule has 0 radical (unpaired) electrons. The molecular formula is C21H19F2NO5. The van der Waals surface area contributed by atoms with E-state index in [4.69, 9.17) is 9.47 Å². The molecule has 3 aromatic rings. The molecule has 0 saturated heterocycles. The summed E-state index contributed by atoms with van der Waals surface area (Å²) in [5.74, 6) is -1.40. The lowest BCUT2D eigenvalue weighted by atomic mass is 10.0. The predicted molar refractivity (Wildman–Crippen MR) is 102 cm³/mol. The summed E-state index contributed by atoms with van der Waals surface area (Å²) >= 11 is 0. The zero-order valence-electron chi connectivity index (χ0n) is 16.0. The molecule has 6 nitrogen and oxygen atoms in total. The quantitative estimate of drug-likeness (QED) is 0.464. The number of alkyl halides is 2. The molecule has 1 atom stereocenters. The van der Waals surface area contributed by atoms with Crippen LogP contribution in [-0.4, -0.2) is 36.6 Å². The molecule has 1 aromatic heterocycles. The third-order valence-electron chi connectivity index (χ3n) is 4.41. The molecule has 0 amide bonds. The number of rotatable bonds is 7. The lowest BCUT2D eigenvalue weighted by Gasteiger charge is -2.14. The van der Waals surface area contributed by atoms with Crippen molar-refractivity contribution in [1.29, 1.82) is 0 Å². The van der Waals surface area contributed by atoms with E-state index < -0.39 is 18.7 Å². The number of carbonyl (C=O) groups is 2. The molecule has 0 aliphatic rings. The van der Waals surface area contributed by atoms with Crippen molar-refractivity contribution in [1.82, 2.24) is 4.98 Å². The van der Waals surface area contributed by atoms with Crippen LogP contribution in [0, 0.1) is 6.92 Å². The number of carbonyl (C=O) groups excluding carboxylic acids is 2. The summed E-state index contributed by atoms with van der Waals surface area (Å²) in [6, 6.07) is 11.0. The summed E-state index contributed by atoms with van der Waals surface area (Å²) in [5, 5.41) is 0.744. The minimum Gasteiger partial charge on any atom is -0.493 e. The van der Waals surface area contributed by atoms with Crippen molar-refractivity contribution >= 4 is 22.7 Å². The molecule has 8 heteroatoms. The molecule has 0 spiro atoms. The molecule has 152 valence electrons. The normalized spacial score (nSPS) is 12.1. The van der Waals surface area contributed by atoms with Crippen LogP contribution in [0.1, 0.15) is 33.3 Å². The molecule has 0 bridgehead atoms. The number of aromatic amines is 1. The second kappa shape index (κ2) is 8.30. The van der Waals surface area contributed by atoms with E-state index in [0.29, 0.717) is 11.3 Å². The Labute approximate surface area is 165 Å². The fourth-order valence-electron chi connectivity index (χ4n) is 3.07. The van der Waals surface area contributed by atoms with E-state index in [9.17, 15) is 18.4 Å². The minimum absolute atomic E-state index is 0.0405. The van der Waals surface area contributed by atoms with Gasteiger partial charge in [-0.05, 0) is 38.1 Å². The van der Waals surface area contributed by atoms with Crippen LogP contribution in [0.5, 0.6) is 11.5 Å². The Balaban J connectivity index is 1.79. The van der Waals surface area contributed by atoms with Gasteiger partial charge in [0.1, 0.15) is 0 Å². The van der Waals surface area contributed by atoms with Gasteiger partial charge in [-0.15, -0.1) is 0 Å². The van der Waals surface area contributed by atoms with Crippen molar-refractivity contribution < 1.29 is 32.6 Å². The van der Waals surface area contributed by atoms with Gasteiger partial charge in [0.25, 0.3) is 0 Å². The number of esters is 1. The van der Waals surface area contributed by atoms with Crippen LogP contribution in [0.2, 0.25) is 0 Å². The smallest absolute Gasteiger partial charge is 0.387 e. The highest BCUT2D eigenvalue weighted by molar-refractivity contribution is 6.11. The average Bonchev–Trinajstić information content (AvgIpc) is 3.02. The lowest BCUT2D eigenvalue weighted by Crippen LogP contribution is -2.25. The zero-order chi connectivity index (χ0) is 21.1. The number of Topliss-reactive ketones (excluding diaryl/α,β-unsaturated/α-hetero) is 1. The van der Waals surface area contributed by atoms with Gasteiger partial charge < -0.3 is 19.2 Å². The van der Waals surface area contributed by atoms with Crippen molar-refractivity contribution in [2.75, 3.05) is 7.11 Å². The number of ether oxygens (including phenoxy) is 3. The SMILES string of the molecule is COc1cc(C(=O)O[C@H](C)C(=O)c2c(C)[nH]c3ccccc23)ccc1OC(F)F. The molecule has 0 saturated carbocycles. The van der Waals surface area contributed by atoms with Gasteiger partial charge in [-0.2, -0.15) is 8.78 Å². The number of hydrogen-bond donors (Lipinski definition) is 1. The van der Waals surface area contributed by atoms with Gasteiger partial charge in [0.05, 0.1) is 12.7 Å². The van der Waals surface area contributed by atoms with E-state index in [1.165, 1.54) is 32.2 Å². The Bertz CT molecular complexity index is 1060. The minimum atomic E-state index is -3.03. The first-order chi connectivity index (χ1) is 13.8. The van der Waals surface area contributed by atoms with Crippen molar-refractivity contribution in [3.63, 3.8) is 0 Å². The molecule has 0 unspecified atom stereocenters. The maximum absolute atomic E-state index is 12.9. The van der Waals surface area contributed by atoms with Gasteiger partial charge in [-0.1, -0.05) is 18.2 Å². The summed E-state index contributed by atoms with van der Waals surface area (Å²) < 4.78 is 39.5. The topological polar surface area (TPSA) is 77.6 Å². The Morgan fingerprint density at radius 3 is 2.48 bits per heavy atom. The first kappa shape index (κ1) is 20.3. The van der Waals surface area contributed by atoms with E-state index in [-0.39, 0.29) is 22.8 Å². The number of fused-ring (bicyclic) bond motifs is 1. The van der Waals surface area contributed by atoms with Crippen LogP contribution in [0.25, 0.3) is 10.9 Å². The molecule has 1 heterocycles. The van der Waals surface area contributed by atoms with E-state index >= 15 is 0 Å². The first-order valence-electron chi connectivity index (χ1n) is 8.77. The number of hydrogen-bond acceptors (Lipinski definition) is 5. The van der Waals surface area contributed by atoms with E-state index in [0.717, 1.165) is 10.9 Å². The average molecular weight is 403 g/mol. The van der Waals surface area contributed by atoms with Gasteiger partial charge in [-0.25, -0.2) is 4.79 Å². The van der Waals surface area contributed by atoms with Crippen molar-refractivity contribution in [2.45, 2.75) is 26.6 Å². The van der Waals surface area contributed by atoms with Crippen LogP contribution >= 0.6 is 0 Å². The summed E-state index contributed by atoms with van der Waals surface area (Å²) in [6.07, 6.45) is -1.05. The number of para-hydroxylation sites is 1. The summed E-state index contributed by atoms with van der Waals surface area (Å²) in [5.41, 5.74) is 1.98. The maximum Gasteiger partial charge on any atom is 0.387 e. The highest BCUT2D eigenvalue weighted by atomic mass is 19.3. The maximum atomic E-state index is 12.9. The highest BCUT2D eigenvalue weighted by Crippen LogP contribution is 2.30. The Morgan fingerprint density at radius 1 is 1.07 bits per heavy atom. The number of aryl methyl sites for hydroxylation is 1. The van der Waals surface area contributed by atoms with Crippen LogP contribution in [0.3, 0.4) is 0 Å². The molecule has 0 aliphatic heterocycles. The fourth-order valence-corrected chi connectivity index (χ4v) is 3.07. The summed E-state index contributed by atoms with van der Waals surface area (Å²) in [4.78, 5) is 28.5. The van der Waals surface area contributed by atoms with Crippen LogP contribution in [-0.2, 0) is 4.74 Å². The van der Waals surface area contributed by atoms with Gasteiger partial charge in [-0.3, -0.25) is 4.79 Å². The molecule has 3 rings (SSSR count). The molecule has 29 heavy (non-hydrogen) atoms. The standard InChI is InChI=1S/C21H19F2NO5/c1-11-18(14-6-4-5-7-15(14)24-11)19(25)12(2)28-20(26)13-8-9-16(29-21(22)23)17(10-13)27-3/h4-10,12,21,24H,1-3H3/t12-/m1/s1. The summed E-state index contributed by atoms with van der Waals surface area (Å²) in [6.45, 7) is 0.222. The number of methoxy groups -OCH3 is 1. The predicted octanol–water partition coefficient (Wildman–Crippen LogP) is 4.51. The third-order valence-corrected chi connectivity index (χ3v) is 4.41. The highest BCUT2D eigenvalue weighted by Gasteiger charge is 2.25. The van der Waals surface area contributed by atoms with Crippen LogP contribution < -0.4 is 9.47 Å². The largest absolute Gasteiger partial charge is 0.493 e. The third kappa shape index (κ3) is 4.21. The van der Waals surface area contributed by atoms with E-state index in [2.05, 4.69) is 9.72 Å². The Kier molecular flexibility index (Phi) is 5.81. The van der Waals surface area contributed by atoms with Gasteiger partial charge in [0.2, 0.25) is 5.78 Å². The zero-order valence-corrected chi connectivity index (χ0v) is 16.0. The summed E-state index contributed by atoms with van der Waals surface area (Å²) in [7, 11) is 1.26. The lowest BCUT2D eigenvalue weighted by molar-refractivity contribution is -0.0512. The monoisotopic (exact) mass is 403 g/mol. The Hall–Kier alpha value is -3.42. The first-order valence-corrected chi connectivity index (χ1v) is 8.77. The second-order valence-electron chi connectivity index (χ2n) is 6.33. The molecule has 0 fully saturated rings. The van der Waals surface area contributed by atoms with Gasteiger partial charge >= 0.3 is 12.6 Å². The number of nitrogens with one attached hydrogen (secondary N) is 1. The molecular weight excluding hydrogens is 384 g/mol. The molecule has 1 N–H and O–H groups in total. The fraction of sp³-hybridized carbons (Fsp3) is 0.238. The molecule has 0 aliphatic carbocycles. The number of benzene rings is 2. The Morgan fingerprint density at radius 2 is 1.79 bits per heavy atom. The number of halogens is 2. The van der Waals surface area contributed by atoms with Crippen molar-refractivity contribution in [3.8, 4) is 11.5 Å². The van der Waals surface area contributed by atoms with Gasteiger partial charge in [0, 0.05) is 22.2 Å². The number of ketones is 1. The van der Waals surface area contributed by atoms with E-state index in [1.807, 2.05) is 24.3 Å². The van der Waals surface area contributed by atoms with Crippen molar-refractivity contribution in [3.05, 3.63) is 59.3 Å². The number of H-pyrrole nitrogens is 1. The second-order valence-corrected chi connectivity index (χ2v) is 6.33. The van der Waals surface area contributed by atoms with Crippen LogP contribution in [0.15, 0.2) is 42.5 Å². The number of aromatic nitrogens is 1. The van der Waals surface area contributed by atoms with Crippen LogP contribution in [0.4, 0.5) is 8.78 Å².